The van der Waals surface area contributed by atoms with Gasteiger partial charge in [-0.1, -0.05) is 11.6 Å². The van der Waals surface area contributed by atoms with Gasteiger partial charge in [0.2, 0.25) is 0 Å². The fraction of sp³-hybridized carbons (Fsp3) is 0.182. The molecule has 0 radical (unpaired) electrons. The molecule has 0 amide bonds. The Balaban J connectivity index is 2.11. The minimum Gasteiger partial charge on any atom is -0.294 e. The second-order valence-corrected chi connectivity index (χ2v) is 3.84. The molecule has 82 valence electrons. The molecule has 2 rings (SSSR count). The van der Waals surface area contributed by atoms with Crippen molar-refractivity contribution in [2.45, 2.75) is 6.42 Å². The lowest BCUT2D eigenvalue weighted by atomic mass is 10.1. The van der Waals surface area contributed by atoms with Gasteiger partial charge in [0, 0.05) is 25.0 Å². The summed E-state index contributed by atoms with van der Waals surface area (Å²) in [7, 11) is 1.82. The van der Waals surface area contributed by atoms with E-state index in [-0.39, 0.29) is 12.2 Å². The summed E-state index contributed by atoms with van der Waals surface area (Å²) in [6.07, 6.45) is 3.57. The summed E-state index contributed by atoms with van der Waals surface area (Å²) in [6.45, 7) is 0. The number of halogens is 1. The van der Waals surface area contributed by atoms with Gasteiger partial charge in [0.15, 0.2) is 5.78 Å². The third-order valence-corrected chi connectivity index (χ3v) is 2.38. The van der Waals surface area contributed by atoms with E-state index in [0.29, 0.717) is 10.7 Å². The molecule has 0 aliphatic carbocycles. The molecule has 0 N–H and O–H groups in total. The predicted octanol–water partition coefficient (Wildman–Crippen LogP) is 1.89. The quantitative estimate of drug-likeness (QED) is 0.603. The van der Waals surface area contributed by atoms with Gasteiger partial charge in [-0.05, 0) is 18.2 Å². The Kier molecular flexibility index (Phi) is 3.01. The van der Waals surface area contributed by atoms with E-state index >= 15 is 0 Å². The molecular formula is C11H10ClN3O. The summed E-state index contributed by atoms with van der Waals surface area (Å²) in [5.41, 5.74) is 1.30. The minimum atomic E-state index is -0.0112. The van der Waals surface area contributed by atoms with Gasteiger partial charge in [-0.3, -0.25) is 9.48 Å². The van der Waals surface area contributed by atoms with E-state index in [0.717, 1.165) is 5.69 Å². The number of rotatable bonds is 3. The fourth-order valence-corrected chi connectivity index (χ4v) is 1.48. The van der Waals surface area contributed by atoms with Crippen LogP contribution in [0.25, 0.3) is 0 Å². The number of aryl methyl sites for hydroxylation is 1. The topological polar surface area (TPSA) is 47.8 Å². The molecule has 0 bridgehead atoms. The first kappa shape index (κ1) is 10.8. The maximum Gasteiger partial charge on any atom is 0.170 e. The Labute approximate surface area is 97.9 Å². The van der Waals surface area contributed by atoms with Crippen LogP contribution >= 0.6 is 11.6 Å². The number of hydrogen-bond donors (Lipinski definition) is 0. The van der Waals surface area contributed by atoms with Crippen LogP contribution in [0.5, 0.6) is 0 Å². The van der Waals surface area contributed by atoms with Crippen molar-refractivity contribution >= 4 is 17.4 Å². The van der Waals surface area contributed by atoms with Crippen molar-refractivity contribution in [3.8, 4) is 0 Å². The van der Waals surface area contributed by atoms with Crippen LogP contribution in [0.15, 0.2) is 30.6 Å². The lowest BCUT2D eigenvalue weighted by Crippen LogP contribution is -2.05. The van der Waals surface area contributed by atoms with Gasteiger partial charge in [0.1, 0.15) is 5.15 Å². The van der Waals surface area contributed by atoms with Crippen LogP contribution in [0.2, 0.25) is 5.15 Å². The van der Waals surface area contributed by atoms with E-state index in [4.69, 9.17) is 11.6 Å². The van der Waals surface area contributed by atoms with Crippen LogP contribution in [-0.4, -0.2) is 20.5 Å². The van der Waals surface area contributed by atoms with E-state index in [9.17, 15) is 4.79 Å². The predicted molar refractivity (Wildman–Crippen MR) is 60.5 cm³/mol. The van der Waals surface area contributed by atoms with E-state index in [1.54, 1.807) is 16.8 Å². The molecule has 0 aromatic carbocycles. The molecule has 2 aromatic rings. The molecule has 5 heteroatoms. The zero-order valence-corrected chi connectivity index (χ0v) is 9.48. The van der Waals surface area contributed by atoms with Gasteiger partial charge in [-0.25, -0.2) is 4.98 Å². The Morgan fingerprint density at radius 2 is 2.25 bits per heavy atom. The summed E-state index contributed by atoms with van der Waals surface area (Å²) in [5.74, 6) is -0.0112. The van der Waals surface area contributed by atoms with Crippen LogP contribution < -0.4 is 0 Å². The summed E-state index contributed by atoms with van der Waals surface area (Å²) in [4.78, 5) is 15.7. The molecule has 16 heavy (non-hydrogen) atoms. The standard InChI is InChI=1S/C11H10ClN3O/c1-15-5-4-9(14-15)6-10(16)8-2-3-11(12)13-7-8/h2-5,7H,6H2,1H3. The number of carbonyl (C=O) groups excluding carboxylic acids is 1. The number of aromatic nitrogens is 3. The number of nitrogens with zero attached hydrogens (tertiary/aromatic N) is 3. The Hall–Kier alpha value is -1.68. The zero-order chi connectivity index (χ0) is 11.5. The first-order chi connectivity index (χ1) is 7.65. The molecule has 0 aliphatic rings. The summed E-state index contributed by atoms with van der Waals surface area (Å²) >= 11 is 5.64. The van der Waals surface area contributed by atoms with E-state index < -0.39 is 0 Å². The second kappa shape index (κ2) is 4.45. The number of hydrogen-bond acceptors (Lipinski definition) is 3. The highest BCUT2D eigenvalue weighted by Gasteiger charge is 2.09. The van der Waals surface area contributed by atoms with Crippen molar-refractivity contribution in [3.05, 3.63) is 47.0 Å². The summed E-state index contributed by atoms with van der Waals surface area (Å²) < 4.78 is 1.67. The second-order valence-electron chi connectivity index (χ2n) is 3.45. The molecule has 0 spiro atoms. The molecule has 0 saturated heterocycles. The average molecular weight is 236 g/mol. The van der Waals surface area contributed by atoms with Gasteiger partial charge in [-0.2, -0.15) is 5.10 Å². The molecule has 0 atom stereocenters. The van der Waals surface area contributed by atoms with Gasteiger partial charge < -0.3 is 0 Å². The third kappa shape index (κ3) is 2.46. The highest BCUT2D eigenvalue weighted by molar-refractivity contribution is 6.29. The Morgan fingerprint density at radius 3 is 2.81 bits per heavy atom. The SMILES string of the molecule is Cn1ccc(CC(=O)c2ccc(Cl)nc2)n1. The van der Waals surface area contributed by atoms with E-state index in [2.05, 4.69) is 10.1 Å². The third-order valence-electron chi connectivity index (χ3n) is 2.16. The smallest absolute Gasteiger partial charge is 0.170 e. The number of carbonyl (C=O) groups is 1. The molecule has 0 aliphatic heterocycles. The maximum atomic E-state index is 11.8. The van der Waals surface area contributed by atoms with Crippen LogP contribution in [0.3, 0.4) is 0 Å². The van der Waals surface area contributed by atoms with Crippen LogP contribution in [0, 0.1) is 0 Å². The van der Waals surface area contributed by atoms with Crippen molar-refractivity contribution in [2.75, 3.05) is 0 Å². The van der Waals surface area contributed by atoms with Crippen LogP contribution in [0.4, 0.5) is 0 Å². The highest BCUT2D eigenvalue weighted by atomic mass is 35.5. The fourth-order valence-electron chi connectivity index (χ4n) is 1.36. The van der Waals surface area contributed by atoms with E-state index in [1.165, 1.54) is 6.20 Å². The molecular weight excluding hydrogens is 226 g/mol. The molecule has 0 fully saturated rings. The summed E-state index contributed by atoms with van der Waals surface area (Å²) in [5, 5.41) is 4.53. The number of Topliss-reactive ketones (excluding diaryl/α,β-unsaturated/α-hetero) is 1. The monoisotopic (exact) mass is 235 g/mol. The molecule has 2 aromatic heterocycles. The van der Waals surface area contributed by atoms with Crippen LogP contribution in [-0.2, 0) is 13.5 Å². The minimum absolute atomic E-state index is 0.0112. The van der Waals surface area contributed by atoms with Crippen molar-refractivity contribution in [1.82, 2.24) is 14.8 Å². The maximum absolute atomic E-state index is 11.8. The van der Waals surface area contributed by atoms with Gasteiger partial charge >= 0.3 is 0 Å². The molecule has 2 heterocycles. The molecule has 0 saturated carbocycles. The van der Waals surface area contributed by atoms with Crippen molar-refractivity contribution in [2.24, 2.45) is 7.05 Å². The molecule has 0 unspecified atom stereocenters. The van der Waals surface area contributed by atoms with Crippen molar-refractivity contribution in [3.63, 3.8) is 0 Å². The van der Waals surface area contributed by atoms with Gasteiger partial charge in [0.25, 0.3) is 0 Å². The van der Waals surface area contributed by atoms with Gasteiger partial charge in [-0.15, -0.1) is 0 Å². The normalized spacial score (nSPS) is 10.4. The first-order valence-corrected chi connectivity index (χ1v) is 5.16. The lowest BCUT2D eigenvalue weighted by Gasteiger charge is -1.98. The average Bonchev–Trinajstić information content (AvgIpc) is 2.65. The Bertz CT molecular complexity index is 504. The van der Waals surface area contributed by atoms with Crippen molar-refractivity contribution in [1.29, 1.82) is 0 Å². The largest absolute Gasteiger partial charge is 0.294 e. The number of pyridine rings is 1. The Morgan fingerprint density at radius 1 is 1.44 bits per heavy atom. The summed E-state index contributed by atoms with van der Waals surface area (Å²) in [6, 6.07) is 5.09. The van der Waals surface area contributed by atoms with Crippen LogP contribution in [0.1, 0.15) is 16.1 Å². The van der Waals surface area contributed by atoms with E-state index in [1.807, 2.05) is 19.3 Å². The first-order valence-electron chi connectivity index (χ1n) is 4.78. The van der Waals surface area contributed by atoms with Gasteiger partial charge in [0.05, 0.1) is 12.1 Å². The highest BCUT2D eigenvalue weighted by Crippen LogP contribution is 2.08. The lowest BCUT2D eigenvalue weighted by molar-refractivity contribution is 0.0991. The number of ketones is 1. The molecule has 4 nitrogen and oxygen atoms in total. The zero-order valence-electron chi connectivity index (χ0n) is 8.72. The van der Waals surface area contributed by atoms with Crippen molar-refractivity contribution < 1.29 is 4.79 Å².